The van der Waals surface area contributed by atoms with E-state index in [1.807, 2.05) is 0 Å². The summed E-state index contributed by atoms with van der Waals surface area (Å²) in [5.41, 5.74) is 0. The van der Waals surface area contributed by atoms with Gasteiger partial charge in [0.25, 0.3) is 0 Å². The standard InChI is InChI=1S/C18H25NO5/c1-22-15-7-9-16(10-8-15)23-11-12-24-17(20)13-19-18(21)14-5-3-2-4-6-14/h7-10,14H,2-6,11-13H2,1H3,(H,19,21). The first-order valence-electron chi connectivity index (χ1n) is 8.39. The van der Waals surface area contributed by atoms with Crippen molar-refractivity contribution in [2.45, 2.75) is 32.1 Å². The molecule has 6 heteroatoms. The second kappa shape index (κ2) is 9.80. The zero-order valence-electron chi connectivity index (χ0n) is 14.1. The number of carbonyl (C=O) groups excluding carboxylic acids is 2. The number of amides is 1. The fraction of sp³-hybridized carbons (Fsp3) is 0.556. The average molecular weight is 335 g/mol. The van der Waals surface area contributed by atoms with Crippen LogP contribution in [0.3, 0.4) is 0 Å². The van der Waals surface area contributed by atoms with Crippen LogP contribution in [0.15, 0.2) is 24.3 Å². The summed E-state index contributed by atoms with van der Waals surface area (Å²) in [6.07, 6.45) is 5.20. The average Bonchev–Trinajstić information content (AvgIpc) is 2.64. The number of hydrogen-bond acceptors (Lipinski definition) is 5. The Kier molecular flexibility index (Phi) is 7.39. The van der Waals surface area contributed by atoms with Gasteiger partial charge in [0.15, 0.2) is 0 Å². The Bertz CT molecular complexity index is 523. The first-order chi connectivity index (χ1) is 11.7. The van der Waals surface area contributed by atoms with Crippen molar-refractivity contribution >= 4 is 11.9 Å². The van der Waals surface area contributed by atoms with E-state index in [9.17, 15) is 9.59 Å². The molecule has 1 aliphatic rings. The SMILES string of the molecule is COc1ccc(OCCOC(=O)CNC(=O)C2CCCCC2)cc1. The third-order valence-electron chi connectivity index (χ3n) is 4.06. The zero-order valence-corrected chi connectivity index (χ0v) is 14.1. The van der Waals surface area contributed by atoms with Gasteiger partial charge in [0.05, 0.1) is 7.11 Å². The van der Waals surface area contributed by atoms with Gasteiger partial charge in [-0.2, -0.15) is 0 Å². The van der Waals surface area contributed by atoms with Crippen LogP contribution in [0.5, 0.6) is 11.5 Å². The molecule has 0 bridgehead atoms. The summed E-state index contributed by atoms with van der Waals surface area (Å²) in [5.74, 6) is 0.989. The molecule has 1 N–H and O–H groups in total. The van der Waals surface area contributed by atoms with Gasteiger partial charge < -0.3 is 19.5 Å². The summed E-state index contributed by atoms with van der Waals surface area (Å²) in [6.45, 7) is 0.316. The highest BCUT2D eigenvalue weighted by molar-refractivity contribution is 5.83. The number of nitrogens with one attached hydrogen (secondary N) is 1. The molecule has 132 valence electrons. The van der Waals surface area contributed by atoms with E-state index in [0.717, 1.165) is 31.4 Å². The Morgan fingerprint density at radius 1 is 1.04 bits per heavy atom. The summed E-state index contributed by atoms with van der Waals surface area (Å²) >= 11 is 0. The van der Waals surface area contributed by atoms with Crippen molar-refractivity contribution in [2.75, 3.05) is 26.9 Å². The molecule has 0 aromatic heterocycles. The van der Waals surface area contributed by atoms with Crippen LogP contribution in [-0.2, 0) is 14.3 Å². The van der Waals surface area contributed by atoms with Crippen molar-refractivity contribution in [1.82, 2.24) is 5.32 Å². The van der Waals surface area contributed by atoms with Crippen molar-refractivity contribution in [3.05, 3.63) is 24.3 Å². The third-order valence-corrected chi connectivity index (χ3v) is 4.06. The van der Waals surface area contributed by atoms with E-state index in [0.29, 0.717) is 5.75 Å². The fourth-order valence-corrected chi connectivity index (χ4v) is 2.71. The van der Waals surface area contributed by atoms with Gasteiger partial charge in [-0.15, -0.1) is 0 Å². The zero-order chi connectivity index (χ0) is 17.2. The highest BCUT2D eigenvalue weighted by Crippen LogP contribution is 2.23. The molecule has 2 rings (SSSR count). The molecule has 1 aliphatic carbocycles. The number of carbonyl (C=O) groups is 2. The predicted octanol–water partition coefficient (Wildman–Crippen LogP) is 2.31. The maximum absolute atomic E-state index is 11.9. The predicted molar refractivity (Wildman–Crippen MR) is 89.0 cm³/mol. The van der Waals surface area contributed by atoms with Gasteiger partial charge in [0.2, 0.25) is 5.91 Å². The van der Waals surface area contributed by atoms with Crippen LogP contribution in [0.4, 0.5) is 0 Å². The molecule has 1 amide bonds. The maximum atomic E-state index is 11.9. The molecule has 0 aliphatic heterocycles. The topological polar surface area (TPSA) is 73.9 Å². The highest BCUT2D eigenvalue weighted by atomic mass is 16.6. The Hall–Kier alpha value is -2.24. The monoisotopic (exact) mass is 335 g/mol. The number of methoxy groups -OCH3 is 1. The first kappa shape index (κ1) is 18.1. The van der Waals surface area contributed by atoms with Gasteiger partial charge in [0.1, 0.15) is 31.3 Å². The minimum absolute atomic E-state index is 0.0406. The van der Waals surface area contributed by atoms with E-state index in [-0.39, 0.29) is 31.6 Å². The Balaban J connectivity index is 1.56. The number of benzene rings is 1. The van der Waals surface area contributed by atoms with Crippen LogP contribution in [0.2, 0.25) is 0 Å². The Morgan fingerprint density at radius 2 is 1.71 bits per heavy atom. The lowest BCUT2D eigenvalue weighted by Gasteiger charge is -2.20. The molecule has 24 heavy (non-hydrogen) atoms. The van der Waals surface area contributed by atoms with Crippen molar-refractivity contribution in [3.8, 4) is 11.5 Å². The molecule has 0 saturated heterocycles. The maximum Gasteiger partial charge on any atom is 0.325 e. The lowest BCUT2D eigenvalue weighted by atomic mass is 9.89. The van der Waals surface area contributed by atoms with E-state index >= 15 is 0 Å². The molecule has 0 radical (unpaired) electrons. The molecule has 6 nitrogen and oxygen atoms in total. The van der Waals surface area contributed by atoms with E-state index in [2.05, 4.69) is 5.32 Å². The first-order valence-corrected chi connectivity index (χ1v) is 8.39. The van der Waals surface area contributed by atoms with Crippen LogP contribution >= 0.6 is 0 Å². The molecule has 1 aromatic rings. The smallest absolute Gasteiger partial charge is 0.325 e. The van der Waals surface area contributed by atoms with Gasteiger partial charge in [0, 0.05) is 5.92 Å². The molecule has 0 unspecified atom stereocenters. The number of hydrogen-bond donors (Lipinski definition) is 1. The summed E-state index contributed by atoms with van der Waals surface area (Å²) in [5, 5.41) is 2.66. The van der Waals surface area contributed by atoms with Crippen LogP contribution in [-0.4, -0.2) is 38.7 Å². The van der Waals surface area contributed by atoms with Crippen molar-refractivity contribution in [1.29, 1.82) is 0 Å². The quantitative estimate of drug-likeness (QED) is 0.583. The van der Waals surface area contributed by atoms with Crippen LogP contribution in [0, 0.1) is 5.92 Å². The molecule has 1 fully saturated rings. The molecular weight excluding hydrogens is 310 g/mol. The highest BCUT2D eigenvalue weighted by Gasteiger charge is 2.21. The van der Waals surface area contributed by atoms with Crippen molar-refractivity contribution in [2.24, 2.45) is 5.92 Å². The van der Waals surface area contributed by atoms with Crippen LogP contribution < -0.4 is 14.8 Å². The van der Waals surface area contributed by atoms with Crippen LogP contribution in [0.1, 0.15) is 32.1 Å². The van der Waals surface area contributed by atoms with Gasteiger partial charge in [-0.3, -0.25) is 9.59 Å². The van der Waals surface area contributed by atoms with Gasteiger partial charge >= 0.3 is 5.97 Å². The second-order valence-electron chi connectivity index (χ2n) is 5.80. The molecule has 1 saturated carbocycles. The normalized spacial score (nSPS) is 14.7. The third kappa shape index (κ3) is 6.10. The lowest BCUT2D eigenvalue weighted by molar-refractivity contribution is -0.145. The lowest BCUT2D eigenvalue weighted by Crippen LogP contribution is -2.36. The molecular formula is C18H25NO5. The van der Waals surface area contributed by atoms with E-state index in [1.54, 1.807) is 31.4 Å². The minimum atomic E-state index is -0.447. The minimum Gasteiger partial charge on any atom is -0.497 e. The Morgan fingerprint density at radius 3 is 2.38 bits per heavy atom. The van der Waals surface area contributed by atoms with Gasteiger partial charge in [-0.05, 0) is 37.1 Å². The summed E-state index contributed by atoms with van der Waals surface area (Å²) in [7, 11) is 1.60. The van der Waals surface area contributed by atoms with E-state index in [4.69, 9.17) is 14.2 Å². The largest absolute Gasteiger partial charge is 0.497 e. The second-order valence-corrected chi connectivity index (χ2v) is 5.80. The van der Waals surface area contributed by atoms with Gasteiger partial charge in [-0.1, -0.05) is 19.3 Å². The molecule has 1 aromatic carbocycles. The van der Waals surface area contributed by atoms with Crippen molar-refractivity contribution in [3.63, 3.8) is 0 Å². The van der Waals surface area contributed by atoms with E-state index < -0.39 is 5.97 Å². The fourth-order valence-electron chi connectivity index (χ4n) is 2.71. The molecule has 0 heterocycles. The number of rotatable bonds is 8. The van der Waals surface area contributed by atoms with Crippen molar-refractivity contribution < 1.29 is 23.8 Å². The van der Waals surface area contributed by atoms with Crippen LogP contribution in [0.25, 0.3) is 0 Å². The van der Waals surface area contributed by atoms with Gasteiger partial charge in [-0.25, -0.2) is 0 Å². The number of esters is 1. The molecule has 0 atom stereocenters. The number of ether oxygens (including phenoxy) is 3. The summed E-state index contributed by atoms with van der Waals surface area (Å²) in [6, 6.07) is 7.15. The Labute approximate surface area is 142 Å². The molecule has 0 spiro atoms. The summed E-state index contributed by atoms with van der Waals surface area (Å²) in [4.78, 5) is 23.5. The van der Waals surface area contributed by atoms with E-state index in [1.165, 1.54) is 6.42 Å². The summed E-state index contributed by atoms with van der Waals surface area (Å²) < 4.78 is 15.6.